The number of carboxylic acid groups (broad SMARTS) is 1. The molecule has 1 aliphatic rings. The molecule has 0 aromatic carbocycles. The first-order chi connectivity index (χ1) is 10.7. The van der Waals surface area contributed by atoms with Gasteiger partial charge in [0, 0.05) is 6.04 Å². The molecule has 7 nitrogen and oxygen atoms in total. The largest absolute Gasteiger partial charge is 0.481 e. The Morgan fingerprint density at radius 3 is 2.52 bits per heavy atom. The van der Waals surface area contributed by atoms with Crippen LogP contribution in [0.2, 0.25) is 6.32 Å². The molecule has 1 saturated carbocycles. The summed E-state index contributed by atoms with van der Waals surface area (Å²) in [5.41, 5.74) is 4.98. The second kappa shape index (κ2) is 8.66. The van der Waals surface area contributed by atoms with Crippen molar-refractivity contribution in [1.29, 1.82) is 0 Å². The van der Waals surface area contributed by atoms with Gasteiger partial charge < -0.3 is 26.2 Å². The molecule has 3 atom stereocenters. The maximum Gasteiger partial charge on any atom is 0.451 e. The minimum atomic E-state index is -1.34. The van der Waals surface area contributed by atoms with Crippen LogP contribution in [0.25, 0.3) is 0 Å². The molecule has 1 aliphatic carbocycles. The summed E-state index contributed by atoms with van der Waals surface area (Å²) in [6.45, 7) is 3.74. The monoisotopic (exact) mass is 328 g/mol. The Morgan fingerprint density at radius 2 is 2.00 bits per heavy atom. The number of amides is 1. The molecule has 1 fully saturated rings. The molecule has 0 heterocycles. The van der Waals surface area contributed by atoms with Crippen LogP contribution >= 0.6 is 0 Å². The van der Waals surface area contributed by atoms with Crippen LogP contribution in [-0.4, -0.2) is 46.2 Å². The smallest absolute Gasteiger partial charge is 0.451 e. The van der Waals surface area contributed by atoms with Crippen molar-refractivity contribution in [2.24, 2.45) is 17.1 Å². The third-order valence-corrected chi connectivity index (χ3v) is 4.80. The average Bonchev–Trinajstić information content (AvgIpc) is 2.87. The summed E-state index contributed by atoms with van der Waals surface area (Å²) < 4.78 is 0. The number of carbonyl (C=O) groups excluding carboxylic acids is 1. The quantitative estimate of drug-likeness (QED) is 0.306. The highest BCUT2D eigenvalue weighted by Crippen LogP contribution is 2.43. The number of rotatable bonds is 9. The van der Waals surface area contributed by atoms with Crippen molar-refractivity contribution in [3.05, 3.63) is 0 Å². The van der Waals surface area contributed by atoms with Crippen molar-refractivity contribution in [3.8, 4) is 0 Å². The van der Waals surface area contributed by atoms with Gasteiger partial charge in [-0.25, -0.2) is 0 Å². The summed E-state index contributed by atoms with van der Waals surface area (Å²) >= 11 is 0. The van der Waals surface area contributed by atoms with Gasteiger partial charge in [-0.05, 0) is 37.9 Å². The number of carbonyl (C=O) groups is 2. The predicted molar refractivity (Wildman–Crippen MR) is 87.5 cm³/mol. The number of hydrogen-bond acceptors (Lipinski definition) is 5. The highest BCUT2D eigenvalue weighted by atomic mass is 16.4. The third kappa shape index (κ3) is 5.78. The van der Waals surface area contributed by atoms with Crippen LogP contribution in [0, 0.1) is 11.3 Å². The van der Waals surface area contributed by atoms with Gasteiger partial charge in [-0.2, -0.15) is 0 Å². The van der Waals surface area contributed by atoms with Gasteiger partial charge in [0.1, 0.15) is 0 Å². The molecular weight excluding hydrogens is 299 g/mol. The van der Waals surface area contributed by atoms with E-state index in [1.165, 1.54) is 0 Å². The first kappa shape index (κ1) is 19.9. The van der Waals surface area contributed by atoms with Gasteiger partial charge >= 0.3 is 13.1 Å². The topological polar surface area (TPSA) is 133 Å². The zero-order valence-corrected chi connectivity index (χ0v) is 14.0. The molecule has 23 heavy (non-hydrogen) atoms. The molecule has 0 saturated heterocycles. The second-order valence-electron chi connectivity index (χ2n) is 7.03. The van der Waals surface area contributed by atoms with Gasteiger partial charge in [0.15, 0.2) is 0 Å². The predicted octanol–water partition coefficient (Wildman–Crippen LogP) is 0.353. The molecule has 6 N–H and O–H groups in total. The minimum absolute atomic E-state index is 0.0329. The van der Waals surface area contributed by atoms with Crippen molar-refractivity contribution in [2.75, 3.05) is 0 Å². The Balaban J connectivity index is 2.54. The van der Waals surface area contributed by atoms with Crippen LogP contribution < -0.4 is 11.1 Å². The van der Waals surface area contributed by atoms with Gasteiger partial charge in [-0.15, -0.1) is 0 Å². The van der Waals surface area contributed by atoms with Crippen molar-refractivity contribution in [3.63, 3.8) is 0 Å². The Morgan fingerprint density at radius 1 is 1.35 bits per heavy atom. The zero-order chi connectivity index (χ0) is 17.6. The number of hydrogen-bond donors (Lipinski definition) is 5. The Hall–Kier alpha value is -1.12. The second-order valence-corrected chi connectivity index (χ2v) is 7.03. The van der Waals surface area contributed by atoms with E-state index in [2.05, 4.69) is 5.32 Å². The summed E-state index contributed by atoms with van der Waals surface area (Å²) in [4.78, 5) is 23.7. The Labute approximate surface area is 137 Å². The fraction of sp³-hybridized carbons (Fsp3) is 0.867. The van der Waals surface area contributed by atoms with Gasteiger partial charge in [-0.3, -0.25) is 9.59 Å². The summed E-state index contributed by atoms with van der Waals surface area (Å²) in [5, 5.41) is 30.1. The zero-order valence-electron chi connectivity index (χ0n) is 14.0. The summed E-state index contributed by atoms with van der Waals surface area (Å²) in [7, 11) is -1.34. The van der Waals surface area contributed by atoms with Crippen molar-refractivity contribution < 1.29 is 24.7 Å². The molecule has 1 rings (SSSR count). The van der Waals surface area contributed by atoms with Crippen molar-refractivity contribution in [2.45, 2.75) is 70.8 Å². The number of carboxylic acids is 1. The first-order valence-corrected chi connectivity index (χ1v) is 8.33. The highest BCUT2D eigenvalue weighted by Gasteiger charge is 2.45. The molecule has 0 spiro atoms. The number of nitrogens with two attached hydrogens (primary N) is 1. The molecule has 0 aliphatic heterocycles. The fourth-order valence-electron chi connectivity index (χ4n) is 3.17. The van der Waals surface area contributed by atoms with Gasteiger partial charge in [0.2, 0.25) is 5.91 Å². The van der Waals surface area contributed by atoms with Crippen LogP contribution in [0.3, 0.4) is 0 Å². The molecular formula is C15H29BN2O5. The fourth-order valence-corrected chi connectivity index (χ4v) is 3.17. The van der Waals surface area contributed by atoms with Crippen LogP contribution in [-0.2, 0) is 9.59 Å². The highest BCUT2D eigenvalue weighted by molar-refractivity contribution is 6.40. The van der Waals surface area contributed by atoms with Gasteiger partial charge in [-0.1, -0.05) is 26.7 Å². The SMILES string of the molecule is CC(C)[C@H](N)C(=O)N[C@H]1CC[C@@](CCCCB(O)O)(C(=O)O)C1. The molecule has 0 bridgehead atoms. The Bertz CT molecular complexity index is 419. The lowest BCUT2D eigenvalue weighted by Gasteiger charge is -2.25. The van der Waals surface area contributed by atoms with Crippen LogP contribution in [0.15, 0.2) is 0 Å². The van der Waals surface area contributed by atoms with E-state index in [4.69, 9.17) is 15.8 Å². The van der Waals surface area contributed by atoms with Crippen LogP contribution in [0.5, 0.6) is 0 Å². The van der Waals surface area contributed by atoms with E-state index in [0.29, 0.717) is 38.5 Å². The van der Waals surface area contributed by atoms with Gasteiger partial charge in [0.05, 0.1) is 11.5 Å². The lowest BCUT2D eigenvalue weighted by Crippen LogP contribution is -2.47. The molecule has 132 valence electrons. The number of aliphatic carboxylic acids is 1. The minimum Gasteiger partial charge on any atom is -0.481 e. The summed E-state index contributed by atoms with van der Waals surface area (Å²) in [6.07, 6.45) is 3.48. The number of unbranched alkanes of at least 4 members (excludes halogenated alkanes) is 1. The summed E-state index contributed by atoms with van der Waals surface area (Å²) in [6, 6.07) is -0.743. The van der Waals surface area contributed by atoms with E-state index in [1.54, 1.807) is 0 Å². The van der Waals surface area contributed by atoms with E-state index in [0.717, 1.165) is 0 Å². The molecule has 0 radical (unpaired) electrons. The number of nitrogens with one attached hydrogen (secondary N) is 1. The van der Waals surface area contributed by atoms with Crippen molar-refractivity contribution in [1.82, 2.24) is 5.32 Å². The van der Waals surface area contributed by atoms with E-state index < -0.39 is 24.5 Å². The van der Waals surface area contributed by atoms with Crippen LogP contribution in [0.4, 0.5) is 0 Å². The summed E-state index contributed by atoms with van der Waals surface area (Å²) in [5.74, 6) is -1.04. The molecule has 8 heteroatoms. The van der Waals surface area contributed by atoms with E-state index in [9.17, 15) is 14.7 Å². The Kier molecular flexibility index (Phi) is 7.50. The average molecular weight is 328 g/mol. The molecule has 0 unspecified atom stereocenters. The third-order valence-electron chi connectivity index (χ3n) is 4.80. The first-order valence-electron chi connectivity index (χ1n) is 8.33. The van der Waals surface area contributed by atoms with Gasteiger partial charge in [0.25, 0.3) is 0 Å². The van der Waals surface area contributed by atoms with E-state index in [-0.39, 0.29) is 24.2 Å². The van der Waals surface area contributed by atoms with E-state index in [1.807, 2.05) is 13.8 Å². The molecule has 1 amide bonds. The maximum atomic E-state index is 12.0. The van der Waals surface area contributed by atoms with Crippen molar-refractivity contribution >= 4 is 19.0 Å². The van der Waals surface area contributed by atoms with Crippen LogP contribution in [0.1, 0.15) is 52.4 Å². The van der Waals surface area contributed by atoms with E-state index >= 15 is 0 Å². The normalized spacial score (nSPS) is 25.4. The lowest BCUT2D eigenvalue weighted by molar-refractivity contribution is -0.149. The maximum absolute atomic E-state index is 12.0. The molecule has 0 aromatic heterocycles. The molecule has 0 aromatic rings. The standard InChI is InChI=1S/C15H29BN2O5/c1-10(2)12(17)13(19)18-11-5-7-15(9-11,14(20)21)6-3-4-8-16(22)23/h10-12,22-23H,3-9,17H2,1-2H3,(H,18,19)(H,20,21)/t11-,12-,15+/m0/s1. The lowest BCUT2D eigenvalue weighted by atomic mass is 9.78.